The first-order valence-electron chi connectivity index (χ1n) is 4.76. The molecule has 0 fully saturated rings. The fourth-order valence-corrected chi connectivity index (χ4v) is 1.44. The van der Waals surface area contributed by atoms with Crippen molar-refractivity contribution in [3.8, 4) is 0 Å². The summed E-state index contributed by atoms with van der Waals surface area (Å²) in [5.74, 6) is -0.210. The van der Waals surface area contributed by atoms with E-state index in [0.717, 1.165) is 5.69 Å². The number of aromatic amines is 1. The summed E-state index contributed by atoms with van der Waals surface area (Å²) in [7, 11) is 0. The summed E-state index contributed by atoms with van der Waals surface area (Å²) in [6.45, 7) is 3.58. The van der Waals surface area contributed by atoms with Crippen LogP contribution in [0.5, 0.6) is 0 Å². The van der Waals surface area contributed by atoms with E-state index in [0.29, 0.717) is 16.9 Å². The maximum atomic E-state index is 11.9. The summed E-state index contributed by atoms with van der Waals surface area (Å²) in [6.07, 6.45) is 4.48. The van der Waals surface area contributed by atoms with Crippen LogP contribution in [0.3, 0.4) is 0 Å². The predicted molar refractivity (Wildman–Crippen MR) is 58.0 cm³/mol. The van der Waals surface area contributed by atoms with Crippen molar-refractivity contribution in [3.05, 3.63) is 35.7 Å². The molecule has 16 heavy (non-hydrogen) atoms. The Bertz CT molecular complexity index is 486. The number of aryl methyl sites for hydroxylation is 2. The number of hydrogen-bond donors (Lipinski definition) is 2. The minimum atomic E-state index is -0.210. The van der Waals surface area contributed by atoms with Crippen molar-refractivity contribution in [3.63, 3.8) is 0 Å². The molecule has 0 saturated carbocycles. The Morgan fingerprint density at radius 1 is 1.31 bits per heavy atom. The summed E-state index contributed by atoms with van der Waals surface area (Å²) in [6, 6.07) is 0. The van der Waals surface area contributed by atoms with Crippen molar-refractivity contribution in [2.75, 3.05) is 5.32 Å². The molecular weight excluding hydrogens is 206 g/mol. The summed E-state index contributed by atoms with van der Waals surface area (Å²) < 4.78 is 0. The molecule has 0 aliphatic rings. The van der Waals surface area contributed by atoms with Crippen molar-refractivity contribution in [1.82, 2.24) is 20.2 Å². The minimum absolute atomic E-state index is 0.210. The zero-order valence-corrected chi connectivity index (χ0v) is 8.98. The normalized spacial score (nSPS) is 10.1. The van der Waals surface area contributed by atoms with Crippen LogP contribution in [-0.2, 0) is 0 Å². The topological polar surface area (TPSA) is 83.6 Å². The second-order valence-corrected chi connectivity index (χ2v) is 3.39. The number of hydrogen-bond acceptors (Lipinski definition) is 4. The van der Waals surface area contributed by atoms with Gasteiger partial charge >= 0.3 is 0 Å². The van der Waals surface area contributed by atoms with Crippen LogP contribution in [0.4, 0.5) is 5.69 Å². The number of anilines is 1. The van der Waals surface area contributed by atoms with Gasteiger partial charge in [0.25, 0.3) is 5.91 Å². The zero-order chi connectivity index (χ0) is 11.5. The van der Waals surface area contributed by atoms with E-state index in [1.165, 1.54) is 18.7 Å². The van der Waals surface area contributed by atoms with Gasteiger partial charge in [-0.3, -0.25) is 9.89 Å². The fourth-order valence-electron chi connectivity index (χ4n) is 1.44. The Morgan fingerprint density at radius 2 is 2.00 bits per heavy atom. The van der Waals surface area contributed by atoms with Gasteiger partial charge in [-0.1, -0.05) is 0 Å². The highest BCUT2D eigenvalue weighted by Crippen LogP contribution is 2.12. The molecule has 0 spiro atoms. The van der Waals surface area contributed by atoms with Gasteiger partial charge in [0, 0.05) is 5.69 Å². The number of amides is 1. The lowest BCUT2D eigenvalue weighted by Gasteiger charge is -2.03. The highest BCUT2D eigenvalue weighted by atomic mass is 16.1. The third-order valence-electron chi connectivity index (χ3n) is 2.17. The quantitative estimate of drug-likeness (QED) is 0.788. The standard InChI is InChI=1S/C10H11N5O/c1-6-9(7(2)15-14-6)10(16)13-8-3-11-5-12-4-8/h3-5H,1-2H3,(H,13,16)(H,14,15). The SMILES string of the molecule is Cc1n[nH]c(C)c1C(=O)Nc1cncnc1. The molecule has 2 rings (SSSR count). The van der Waals surface area contributed by atoms with Crippen LogP contribution in [0.25, 0.3) is 0 Å². The molecule has 0 aliphatic heterocycles. The van der Waals surface area contributed by atoms with E-state index in [-0.39, 0.29) is 5.91 Å². The lowest BCUT2D eigenvalue weighted by Crippen LogP contribution is -2.13. The molecule has 0 aliphatic carbocycles. The third kappa shape index (κ3) is 1.90. The number of rotatable bonds is 2. The largest absolute Gasteiger partial charge is 0.319 e. The monoisotopic (exact) mass is 217 g/mol. The van der Waals surface area contributed by atoms with Gasteiger partial charge in [-0.15, -0.1) is 0 Å². The number of H-pyrrole nitrogens is 1. The van der Waals surface area contributed by atoms with Gasteiger partial charge in [0.2, 0.25) is 0 Å². The van der Waals surface area contributed by atoms with E-state index in [1.54, 1.807) is 13.8 Å². The molecule has 6 heteroatoms. The molecule has 82 valence electrons. The molecule has 0 unspecified atom stereocenters. The molecule has 0 bridgehead atoms. The second-order valence-electron chi connectivity index (χ2n) is 3.39. The maximum absolute atomic E-state index is 11.9. The summed E-state index contributed by atoms with van der Waals surface area (Å²) >= 11 is 0. The molecule has 2 heterocycles. The number of carbonyl (C=O) groups excluding carboxylic acids is 1. The van der Waals surface area contributed by atoms with Gasteiger partial charge in [0.15, 0.2) is 0 Å². The van der Waals surface area contributed by atoms with Crippen LogP contribution in [-0.4, -0.2) is 26.1 Å². The average molecular weight is 217 g/mol. The Balaban J connectivity index is 2.22. The van der Waals surface area contributed by atoms with Crippen molar-refractivity contribution in [1.29, 1.82) is 0 Å². The second kappa shape index (κ2) is 4.09. The Morgan fingerprint density at radius 3 is 2.56 bits per heavy atom. The molecule has 2 N–H and O–H groups in total. The summed E-state index contributed by atoms with van der Waals surface area (Å²) in [5, 5.41) is 9.43. The van der Waals surface area contributed by atoms with E-state index in [1.807, 2.05) is 0 Å². The van der Waals surface area contributed by atoms with E-state index in [9.17, 15) is 4.79 Å². The van der Waals surface area contributed by atoms with E-state index in [2.05, 4.69) is 25.5 Å². The van der Waals surface area contributed by atoms with E-state index in [4.69, 9.17) is 0 Å². The molecular formula is C10H11N5O. The summed E-state index contributed by atoms with van der Waals surface area (Å²) in [4.78, 5) is 19.5. The van der Waals surface area contributed by atoms with Gasteiger partial charge in [-0.05, 0) is 13.8 Å². The van der Waals surface area contributed by atoms with Crippen molar-refractivity contribution in [2.24, 2.45) is 0 Å². The zero-order valence-electron chi connectivity index (χ0n) is 8.98. The van der Waals surface area contributed by atoms with Gasteiger partial charge in [-0.2, -0.15) is 5.10 Å². The average Bonchev–Trinajstić information content (AvgIpc) is 2.60. The lowest BCUT2D eigenvalue weighted by molar-refractivity contribution is 0.102. The predicted octanol–water partition coefficient (Wildman–Crippen LogP) is 1.07. The van der Waals surface area contributed by atoms with Crippen LogP contribution >= 0.6 is 0 Å². The van der Waals surface area contributed by atoms with Crippen LogP contribution < -0.4 is 5.32 Å². The maximum Gasteiger partial charge on any atom is 0.259 e. The molecule has 0 radical (unpaired) electrons. The minimum Gasteiger partial charge on any atom is -0.319 e. The van der Waals surface area contributed by atoms with Crippen molar-refractivity contribution >= 4 is 11.6 Å². The van der Waals surface area contributed by atoms with Gasteiger partial charge < -0.3 is 5.32 Å². The van der Waals surface area contributed by atoms with Crippen LogP contribution in [0, 0.1) is 13.8 Å². The highest BCUT2D eigenvalue weighted by Gasteiger charge is 2.15. The molecule has 6 nitrogen and oxygen atoms in total. The lowest BCUT2D eigenvalue weighted by atomic mass is 10.2. The van der Waals surface area contributed by atoms with Gasteiger partial charge in [0.05, 0.1) is 29.3 Å². The Labute approximate surface area is 92.1 Å². The van der Waals surface area contributed by atoms with E-state index >= 15 is 0 Å². The van der Waals surface area contributed by atoms with Crippen LogP contribution in [0.2, 0.25) is 0 Å². The molecule has 0 saturated heterocycles. The smallest absolute Gasteiger partial charge is 0.259 e. The van der Waals surface area contributed by atoms with Crippen molar-refractivity contribution in [2.45, 2.75) is 13.8 Å². The van der Waals surface area contributed by atoms with Gasteiger partial charge in [-0.25, -0.2) is 9.97 Å². The van der Waals surface area contributed by atoms with Gasteiger partial charge in [0.1, 0.15) is 6.33 Å². The number of carbonyl (C=O) groups is 1. The van der Waals surface area contributed by atoms with Crippen LogP contribution in [0.1, 0.15) is 21.7 Å². The molecule has 1 amide bonds. The summed E-state index contributed by atoms with van der Waals surface area (Å²) in [5.41, 5.74) is 2.54. The number of nitrogens with zero attached hydrogens (tertiary/aromatic N) is 3. The first-order valence-corrected chi connectivity index (χ1v) is 4.76. The fraction of sp³-hybridized carbons (Fsp3) is 0.200. The molecule has 0 atom stereocenters. The molecule has 2 aromatic heterocycles. The molecule has 2 aromatic rings. The Hall–Kier alpha value is -2.24. The third-order valence-corrected chi connectivity index (χ3v) is 2.17. The first-order chi connectivity index (χ1) is 7.68. The van der Waals surface area contributed by atoms with E-state index < -0.39 is 0 Å². The highest BCUT2D eigenvalue weighted by molar-refractivity contribution is 6.05. The first kappa shape index (κ1) is 10.3. The Kier molecular flexibility index (Phi) is 2.63. The number of nitrogens with one attached hydrogen (secondary N) is 2. The van der Waals surface area contributed by atoms with Crippen molar-refractivity contribution < 1.29 is 4.79 Å². The molecule has 0 aromatic carbocycles. The number of aromatic nitrogens is 4. The van der Waals surface area contributed by atoms with Crippen LogP contribution in [0.15, 0.2) is 18.7 Å².